The molecule has 0 radical (unpaired) electrons. The van der Waals surface area contributed by atoms with E-state index in [1.165, 1.54) is 17.1 Å². The molecule has 2 rings (SSSR count). The van der Waals surface area contributed by atoms with E-state index in [0.717, 1.165) is 11.1 Å². The lowest BCUT2D eigenvalue weighted by Gasteiger charge is -2.31. The normalized spacial score (nSPS) is 13.4. The number of nitro benzene ring substituents is 1. The van der Waals surface area contributed by atoms with Crippen LogP contribution in [0.25, 0.3) is 10.4 Å². The number of hydrogen-bond acceptors (Lipinski definition) is 7. The Bertz CT molecular complexity index is 834. The number of azide groups is 1. The maximum atomic E-state index is 12.2. The van der Waals surface area contributed by atoms with E-state index in [-0.39, 0.29) is 37.2 Å². The molecule has 1 heterocycles. The first kappa shape index (κ1) is 20.6. The summed E-state index contributed by atoms with van der Waals surface area (Å²) in [5.74, 6) is -1.86. The van der Waals surface area contributed by atoms with Gasteiger partial charge in [0.15, 0.2) is 0 Å². The van der Waals surface area contributed by atoms with Gasteiger partial charge in [-0.2, -0.15) is 5.01 Å². The van der Waals surface area contributed by atoms with Gasteiger partial charge in [-0.3, -0.25) is 29.5 Å². The average molecular weight is 390 g/mol. The summed E-state index contributed by atoms with van der Waals surface area (Å²) in [4.78, 5) is 48.4. The van der Waals surface area contributed by atoms with Crippen LogP contribution in [0.5, 0.6) is 0 Å². The molecule has 1 aliphatic rings. The Balaban J connectivity index is 2.34. The summed E-state index contributed by atoms with van der Waals surface area (Å²) in [5.41, 5.74) is 8.14. The highest BCUT2D eigenvalue weighted by molar-refractivity contribution is 6.03. The van der Waals surface area contributed by atoms with Crippen LogP contribution in [0, 0.1) is 10.1 Å². The van der Waals surface area contributed by atoms with Crippen LogP contribution >= 0.6 is 0 Å². The number of unbranched alkanes of at least 4 members (excludes halogenated alkanes) is 2. The molecule has 0 spiro atoms. The number of carbonyl (C=O) groups excluding carboxylic acids is 2. The number of imide groups is 1. The number of hydrogen-bond donors (Lipinski definition) is 1. The van der Waals surface area contributed by atoms with Crippen molar-refractivity contribution in [3.05, 3.63) is 38.8 Å². The van der Waals surface area contributed by atoms with Crippen LogP contribution in [0.3, 0.4) is 0 Å². The number of amides is 2. The first-order valence-corrected chi connectivity index (χ1v) is 8.53. The Morgan fingerprint density at radius 1 is 1.29 bits per heavy atom. The Morgan fingerprint density at radius 3 is 2.54 bits per heavy atom. The van der Waals surface area contributed by atoms with Gasteiger partial charge < -0.3 is 5.11 Å². The third kappa shape index (κ3) is 4.95. The van der Waals surface area contributed by atoms with Gasteiger partial charge in [-0.15, -0.1) is 0 Å². The van der Waals surface area contributed by atoms with Gasteiger partial charge in [0.2, 0.25) is 11.8 Å². The largest absolute Gasteiger partial charge is 0.481 e. The lowest BCUT2D eigenvalue weighted by Crippen LogP contribution is -2.47. The molecule has 0 aromatic heterocycles. The molecule has 1 fully saturated rings. The molecule has 0 bridgehead atoms. The van der Waals surface area contributed by atoms with Crippen LogP contribution < -0.4 is 5.01 Å². The van der Waals surface area contributed by atoms with Crippen LogP contribution in [0.4, 0.5) is 17.1 Å². The topological polar surface area (TPSA) is 170 Å². The molecule has 1 aromatic carbocycles. The minimum atomic E-state index is -0.925. The van der Waals surface area contributed by atoms with Gasteiger partial charge >= 0.3 is 5.97 Å². The SMILES string of the molecule is [N-]=[N+]=Nc1ccc(N(CCCCCC(=O)O)N2C(=O)CCC2=O)c([N+](=O)[O-])c1. The molecule has 1 aliphatic heterocycles. The number of nitrogens with zero attached hydrogens (tertiary/aromatic N) is 6. The number of carboxylic acids is 1. The maximum Gasteiger partial charge on any atom is 0.303 e. The van der Waals surface area contributed by atoms with Crippen LogP contribution in [0.15, 0.2) is 23.3 Å². The molecule has 0 atom stereocenters. The van der Waals surface area contributed by atoms with Crippen LogP contribution in [0.1, 0.15) is 38.5 Å². The number of aliphatic carboxylic acids is 1. The summed E-state index contributed by atoms with van der Waals surface area (Å²) in [6.45, 7) is 0.110. The van der Waals surface area contributed by atoms with Gasteiger partial charge in [-0.05, 0) is 24.4 Å². The molecule has 12 nitrogen and oxygen atoms in total. The third-order valence-electron chi connectivity index (χ3n) is 4.12. The van der Waals surface area contributed by atoms with E-state index in [9.17, 15) is 24.5 Å². The molecule has 0 saturated carbocycles. The summed E-state index contributed by atoms with van der Waals surface area (Å²) >= 11 is 0. The Hall–Kier alpha value is -3.66. The van der Waals surface area contributed by atoms with Gasteiger partial charge in [0.1, 0.15) is 5.69 Å². The molecule has 28 heavy (non-hydrogen) atoms. The molecule has 2 amide bonds. The Morgan fingerprint density at radius 2 is 1.96 bits per heavy atom. The minimum Gasteiger partial charge on any atom is -0.481 e. The highest BCUT2D eigenvalue weighted by Crippen LogP contribution is 2.35. The van der Waals surface area contributed by atoms with Crippen LogP contribution in [0.2, 0.25) is 0 Å². The van der Waals surface area contributed by atoms with Crippen LogP contribution in [-0.2, 0) is 14.4 Å². The fraction of sp³-hybridized carbons (Fsp3) is 0.438. The Kier molecular flexibility index (Phi) is 6.88. The number of hydrazine groups is 1. The fourth-order valence-electron chi connectivity index (χ4n) is 2.87. The minimum absolute atomic E-state index is 0.0113. The molecule has 1 N–H and O–H groups in total. The van der Waals surface area contributed by atoms with Crippen molar-refractivity contribution < 1.29 is 24.4 Å². The van der Waals surface area contributed by atoms with Gasteiger partial charge in [-0.25, -0.2) is 0 Å². The van der Waals surface area contributed by atoms with Crippen molar-refractivity contribution in [1.29, 1.82) is 0 Å². The van der Waals surface area contributed by atoms with E-state index < -0.39 is 28.4 Å². The lowest BCUT2D eigenvalue weighted by atomic mass is 10.2. The molecule has 1 aromatic rings. The van der Waals surface area contributed by atoms with Crippen molar-refractivity contribution in [1.82, 2.24) is 5.01 Å². The van der Waals surface area contributed by atoms with E-state index in [1.54, 1.807) is 0 Å². The number of carboxylic acid groups (broad SMARTS) is 1. The molecule has 0 unspecified atom stereocenters. The second-order valence-corrected chi connectivity index (χ2v) is 6.05. The number of rotatable bonds is 10. The van der Waals surface area contributed by atoms with Crippen molar-refractivity contribution in [3.8, 4) is 0 Å². The first-order valence-electron chi connectivity index (χ1n) is 8.53. The molecule has 12 heteroatoms. The van der Waals surface area contributed by atoms with Crippen molar-refractivity contribution in [3.63, 3.8) is 0 Å². The van der Waals surface area contributed by atoms with E-state index in [0.29, 0.717) is 19.3 Å². The quantitative estimate of drug-likeness (QED) is 0.122. The Labute approximate surface area is 159 Å². The predicted octanol–water partition coefficient (Wildman–Crippen LogP) is 3.05. The van der Waals surface area contributed by atoms with Crippen molar-refractivity contribution in [2.75, 3.05) is 11.6 Å². The second-order valence-electron chi connectivity index (χ2n) is 6.05. The zero-order valence-corrected chi connectivity index (χ0v) is 14.9. The van der Waals surface area contributed by atoms with Gasteiger partial charge in [0, 0.05) is 42.5 Å². The molecular formula is C16H18N6O6. The fourth-order valence-corrected chi connectivity index (χ4v) is 2.87. The standard InChI is InChI=1S/C16H18N6O6/c17-19-18-11-5-6-12(13(10-11)22(27)28)20(9-3-1-2-4-16(25)26)21-14(23)7-8-15(21)24/h5-6,10H,1-4,7-9H2,(H,25,26). The summed E-state index contributed by atoms with van der Waals surface area (Å²) in [6.07, 6.45) is 1.34. The number of carbonyl (C=O) groups is 3. The first-order chi connectivity index (χ1) is 13.3. The summed E-state index contributed by atoms with van der Waals surface area (Å²) in [7, 11) is 0. The van der Waals surface area contributed by atoms with Crippen molar-refractivity contribution in [2.45, 2.75) is 38.5 Å². The third-order valence-corrected chi connectivity index (χ3v) is 4.12. The zero-order valence-electron chi connectivity index (χ0n) is 14.9. The molecular weight excluding hydrogens is 372 g/mol. The number of nitro groups is 1. The van der Waals surface area contributed by atoms with Crippen LogP contribution in [-0.4, -0.2) is 39.4 Å². The molecule has 148 valence electrons. The second kappa shape index (κ2) is 9.33. The van der Waals surface area contributed by atoms with Gasteiger partial charge in [-0.1, -0.05) is 17.6 Å². The maximum absolute atomic E-state index is 12.2. The van der Waals surface area contributed by atoms with Gasteiger partial charge in [0.05, 0.1) is 4.92 Å². The van der Waals surface area contributed by atoms with E-state index >= 15 is 0 Å². The van der Waals surface area contributed by atoms with E-state index in [1.807, 2.05) is 0 Å². The predicted molar refractivity (Wildman–Crippen MR) is 96.4 cm³/mol. The van der Waals surface area contributed by atoms with Crippen molar-refractivity contribution >= 4 is 34.8 Å². The van der Waals surface area contributed by atoms with E-state index in [4.69, 9.17) is 10.6 Å². The smallest absolute Gasteiger partial charge is 0.303 e. The zero-order chi connectivity index (χ0) is 20.7. The summed E-state index contributed by atoms with van der Waals surface area (Å²) in [5, 5.41) is 25.7. The monoisotopic (exact) mass is 390 g/mol. The summed E-state index contributed by atoms with van der Waals surface area (Å²) < 4.78 is 0. The highest BCUT2D eigenvalue weighted by Gasteiger charge is 2.36. The van der Waals surface area contributed by atoms with Crippen molar-refractivity contribution in [2.24, 2.45) is 5.11 Å². The average Bonchev–Trinajstić information content (AvgIpc) is 2.97. The lowest BCUT2D eigenvalue weighted by molar-refractivity contribution is -0.384. The number of anilines is 1. The van der Waals surface area contributed by atoms with Gasteiger partial charge in [0.25, 0.3) is 5.69 Å². The molecule has 1 saturated heterocycles. The van der Waals surface area contributed by atoms with E-state index in [2.05, 4.69) is 10.0 Å². The molecule has 0 aliphatic carbocycles. The number of benzene rings is 1. The highest BCUT2D eigenvalue weighted by atomic mass is 16.6. The summed E-state index contributed by atoms with van der Waals surface area (Å²) in [6, 6.07) is 3.74.